The third-order valence-corrected chi connectivity index (χ3v) is 2.27. The van der Waals surface area contributed by atoms with E-state index in [2.05, 4.69) is 14.9 Å². The zero-order chi connectivity index (χ0) is 14.0. The van der Waals surface area contributed by atoms with Crippen LogP contribution >= 0.6 is 0 Å². The first-order chi connectivity index (χ1) is 8.89. The van der Waals surface area contributed by atoms with E-state index < -0.39 is 12.1 Å². The van der Waals surface area contributed by atoms with E-state index in [1.165, 1.54) is 12.1 Å². The molecule has 0 aliphatic heterocycles. The number of aromatic nitrogens is 2. The summed E-state index contributed by atoms with van der Waals surface area (Å²) in [5, 5.41) is 3.66. The van der Waals surface area contributed by atoms with E-state index in [0.717, 1.165) is 6.07 Å². The first-order valence-corrected chi connectivity index (χ1v) is 5.37. The number of alkyl halides is 3. The van der Waals surface area contributed by atoms with E-state index in [9.17, 15) is 13.2 Å². The van der Waals surface area contributed by atoms with Crippen LogP contribution in [0, 0.1) is 0 Å². The molecular formula is C11H10F3N3O2. The van der Waals surface area contributed by atoms with Crippen LogP contribution in [0.3, 0.4) is 0 Å². The lowest BCUT2D eigenvalue weighted by Crippen LogP contribution is -2.18. The van der Waals surface area contributed by atoms with Gasteiger partial charge in [-0.25, -0.2) is 0 Å². The van der Waals surface area contributed by atoms with E-state index in [4.69, 9.17) is 10.3 Å². The molecule has 2 rings (SSSR count). The summed E-state index contributed by atoms with van der Waals surface area (Å²) in [4.78, 5) is 4.01. The van der Waals surface area contributed by atoms with Crippen LogP contribution in [0.5, 0.6) is 5.75 Å². The molecule has 19 heavy (non-hydrogen) atoms. The second kappa shape index (κ2) is 4.79. The minimum absolute atomic E-state index is 0.115. The minimum atomic E-state index is -4.81. The zero-order valence-electron chi connectivity index (χ0n) is 9.86. The summed E-state index contributed by atoms with van der Waals surface area (Å²) >= 11 is 0. The third kappa shape index (κ3) is 3.15. The zero-order valence-corrected chi connectivity index (χ0v) is 9.86. The van der Waals surface area contributed by atoms with Gasteiger partial charge >= 0.3 is 6.36 Å². The normalized spacial score (nSPS) is 11.6. The van der Waals surface area contributed by atoms with Crippen LogP contribution < -0.4 is 10.5 Å². The fourth-order valence-electron chi connectivity index (χ4n) is 1.40. The van der Waals surface area contributed by atoms with E-state index in [1.54, 1.807) is 0 Å². The topological polar surface area (TPSA) is 74.2 Å². The minimum Gasteiger partial charge on any atom is -0.404 e. The quantitative estimate of drug-likeness (QED) is 0.870. The molecule has 1 aromatic heterocycles. The van der Waals surface area contributed by atoms with E-state index in [-0.39, 0.29) is 11.6 Å². The Bertz CT molecular complexity index is 581. The Hall–Kier alpha value is -2.25. The number of nitrogens with two attached hydrogens (primary N) is 1. The van der Waals surface area contributed by atoms with Crippen LogP contribution in [-0.4, -0.2) is 16.5 Å². The molecule has 0 atom stereocenters. The Kier molecular flexibility index (Phi) is 3.32. The number of hydrogen-bond donors (Lipinski definition) is 1. The van der Waals surface area contributed by atoms with Gasteiger partial charge in [-0.3, -0.25) is 0 Å². The number of nitrogens with zero attached hydrogens (tertiary/aromatic N) is 2. The van der Waals surface area contributed by atoms with Crippen molar-refractivity contribution in [1.29, 1.82) is 0 Å². The van der Waals surface area contributed by atoms with Gasteiger partial charge in [0.25, 0.3) is 5.89 Å². The van der Waals surface area contributed by atoms with Gasteiger partial charge in [0.15, 0.2) is 11.6 Å². The predicted octanol–water partition coefficient (Wildman–Crippen LogP) is 2.78. The van der Waals surface area contributed by atoms with Gasteiger partial charge in [0.1, 0.15) is 0 Å². The number of nitrogen functional groups attached to an aromatic ring is 1. The highest BCUT2D eigenvalue weighted by atomic mass is 19.4. The number of halogens is 3. The van der Waals surface area contributed by atoms with E-state index in [0.29, 0.717) is 17.8 Å². The Morgan fingerprint density at radius 2 is 2.11 bits per heavy atom. The van der Waals surface area contributed by atoms with Crippen molar-refractivity contribution in [2.45, 2.75) is 19.7 Å². The number of ether oxygens (including phenoxy) is 1. The number of benzene rings is 1. The molecule has 2 N–H and O–H groups in total. The maximum atomic E-state index is 12.2. The Morgan fingerprint density at radius 3 is 2.68 bits per heavy atom. The molecule has 0 radical (unpaired) electrons. The maximum absolute atomic E-state index is 12.2. The van der Waals surface area contributed by atoms with Crippen LogP contribution in [0.25, 0.3) is 11.5 Å². The van der Waals surface area contributed by atoms with Crippen molar-refractivity contribution in [3.8, 4) is 17.2 Å². The summed E-state index contributed by atoms with van der Waals surface area (Å²) < 4.78 is 45.3. The maximum Gasteiger partial charge on any atom is 0.573 e. The summed E-state index contributed by atoms with van der Waals surface area (Å²) in [5.74, 6) is 0.0789. The number of rotatable bonds is 3. The fraction of sp³-hybridized carbons (Fsp3) is 0.273. The number of aryl methyl sites for hydroxylation is 1. The molecule has 2 aromatic rings. The summed E-state index contributed by atoms with van der Waals surface area (Å²) in [7, 11) is 0. The highest BCUT2D eigenvalue weighted by Gasteiger charge is 2.32. The molecule has 0 saturated carbocycles. The van der Waals surface area contributed by atoms with Gasteiger partial charge in [-0.1, -0.05) is 12.1 Å². The smallest absolute Gasteiger partial charge is 0.404 e. The third-order valence-electron chi connectivity index (χ3n) is 2.27. The molecule has 5 nitrogen and oxygen atoms in total. The fourth-order valence-corrected chi connectivity index (χ4v) is 1.40. The highest BCUT2D eigenvalue weighted by Crippen LogP contribution is 2.32. The number of anilines is 1. The highest BCUT2D eigenvalue weighted by molar-refractivity contribution is 5.64. The van der Waals surface area contributed by atoms with Crippen LogP contribution in [0.2, 0.25) is 0 Å². The summed E-state index contributed by atoms with van der Waals surface area (Å²) in [6, 6.07) is 3.87. The van der Waals surface area contributed by atoms with Gasteiger partial charge < -0.3 is 15.0 Å². The first-order valence-electron chi connectivity index (χ1n) is 5.37. The van der Waals surface area contributed by atoms with Gasteiger partial charge in [0.05, 0.1) is 5.69 Å². The molecule has 1 aromatic carbocycles. The average Bonchev–Trinajstić information content (AvgIpc) is 2.79. The molecule has 1 heterocycles. The molecule has 102 valence electrons. The second-order valence-electron chi connectivity index (χ2n) is 3.67. The summed E-state index contributed by atoms with van der Waals surface area (Å²) in [6.07, 6.45) is -4.25. The lowest BCUT2D eigenvalue weighted by molar-refractivity contribution is -0.274. The molecule has 0 amide bonds. The lowest BCUT2D eigenvalue weighted by Gasteiger charge is -2.11. The average molecular weight is 273 g/mol. The van der Waals surface area contributed by atoms with Crippen molar-refractivity contribution >= 4 is 5.69 Å². The van der Waals surface area contributed by atoms with Crippen LogP contribution in [0.1, 0.15) is 12.7 Å². The Labute approximate surface area is 106 Å². The van der Waals surface area contributed by atoms with Crippen LogP contribution in [0.4, 0.5) is 18.9 Å². The monoisotopic (exact) mass is 273 g/mol. The SMILES string of the molecule is CCc1noc(-c2ccc(N)c(OC(F)(F)F)c2)n1. The van der Waals surface area contributed by atoms with Crippen LogP contribution in [-0.2, 0) is 6.42 Å². The molecule has 0 spiro atoms. The molecule has 0 aliphatic carbocycles. The predicted molar refractivity (Wildman–Crippen MR) is 60.2 cm³/mol. The molecule has 0 fully saturated rings. The van der Waals surface area contributed by atoms with Gasteiger partial charge in [-0.2, -0.15) is 4.98 Å². The van der Waals surface area contributed by atoms with Gasteiger partial charge in [0.2, 0.25) is 0 Å². The van der Waals surface area contributed by atoms with Crippen molar-refractivity contribution in [2.24, 2.45) is 0 Å². The van der Waals surface area contributed by atoms with Gasteiger partial charge in [0, 0.05) is 12.0 Å². The largest absolute Gasteiger partial charge is 0.573 e. The van der Waals surface area contributed by atoms with E-state index in [1.807, 2.05) is 6.92 Å². The van der Waals surface area contributed by atoms with Crippen molar-refractivity contribution in [3.05, 3.63) is 24.0 Å². The van der Waals surface area contributed by atoms with Crippen molar-refractivity contribution in [3.63, 3.8) is 0 Å². The van der Waals surface area contributed by atoms with Gasteiger partial charge in [-0.15, -0.1) is 13.2 Å². The Balaban J connectivity index is 2.35. The lowest BCUT2D eigenvalue weighted by atomic mass is 10.2. The summed E-state index contributed by atoms with van der Waals surface area (Å²) in [5.41, 5.74) is 5.59. The van der Waals surface area contributed by atoms with Gasteiger partial charge in [-0.05, 0) is 18.2 Å². The second-order valence-corrected chi connectivity index (χ2v) is 3.67. The van der Waals surface area contributed by atoms with Crippen molar-refractivity contribution in [2.75, 3.05) is 5.73 Å². The molecule has 8 heteroatoms. The first kappa shape index (κ1) is 13.2. The standard InChI is InChI=1S/C11H10F3N3O2/c1-2-9-16-10(19-17-9)6-3-4-7(15)8(5-6)18-11(12,13)14/h3-5H,2,15H2,1H3. The Morgan fingerprint density at radius 1 is 1.37 bits per heavy atom. The van der Waals surface area contributed by atoms with Crippen LogP contribution in [0.15, 0.2) is 22.7 Å². The number of hydrogen-bond acceptors (Lipinski definition) is 5. The van der Waals surface area contributed by atoms with Crippen molar-refractivity contribution < 1.29 is 22.4 Å². The molecule has 0 aliphatic rings. The molecular weight excluding hydrogens is 263 g/mol. The molecule has 0 unspecified atom stereocenters. The molecule has 0 bridgehead atoms. The summed E-state index contributed by atoms with van der Waals surface area (Å²) in [6.45, 7) is 1.83. The van der Waals surface area contributed by atoms with Crippen molar-refractivity contribution in [1.82, 2.24) is 10.1 Å². The molecule has 0 saturated heterocycles. The van der Waals surface area contributed by atoms with E-state index >= 15 is 0 Å².